The molecule has 0 radical (unpaired) electrons. The molecule has 28 heavy (non-hydrogen) atoms. The van der Waals surface area contributed by atoms with Crippen LogP contribution < -0.4 is 9.47 Å². The van der Waals surface area contributed by atoms with Gasteiger partial charge in [0.1, 0.15) is 0 Å². The van der Waals surface area contributed by atoms with Crippen LogP contribution in [0.4, 0.5) is 0 Å². The standard InChI is InChI=1S/C22H24N2O4/c1-27-19-10-9-18(16-20(19)28-2)22(26)24-14-12-23(13-15-24)21(25)11-8-17-6-4-3-5-7-17/h3-11,16H,12-15H2,1-2H3/b11-8+. The maximum absolute atomic E-state index is 12.8. The highest BCUT2D eigenvalue weighted by molar-refractivity contribution is 5.95. The summed E-state index contributed by atoms with van der Waals surface area (Å²) in [5.74, 6) is 0.989. The van der Waals surface area contributed by atoms with Crippen molar-refractivity contribution in [2.24, 2.45) is 0 Å². The molecule has 0 spiro atoms. The zero-order valence-electron chi connectivity index (χ0n) is 16.1. The van der Waals surface area contributed by atoms with E-state index in [1.54, 1.807) is 48.3 Å². The fourth-order valence-corrected chi connectivity index (χ4v) is 3.12. The number of benzene rings is 2. The second-order valence-corrected chi connectivity index (χ2v) is 6.43. The summed E-state index contributed by atoms with van der Waals surface area (Å²) in [7, 11) is 3.10. The van der Waals surface area contributed by atoms with E-state index in [9.17, 15) is 9.59 Å². The van der Waals surface area contributed by atoms with Crippen molar-refractivity contribution in [2.45, 2.75) is 0 Å². The van der Waals surface area contributed by atoms with Crippen molar-refractivity contribution >= 4 is 17.9 Å². The second-order valence-electron chi connectivity index (χ2n) is 6.43. The Kier molecular flexibility index (Phi) is 6.32. The minimum absolute atomic E-state index is 0.0398. The van der Waals surface area contributed by atoms with Gasteiger partial charge >= 0.3 is 0 Å². The predicted octanol–water partition coefficient (Wildman–Crippen LogP) is 2.70. The van der Waals surface area contributed by atoms with E-state index < -0.39 is 0 Å². The van der Waals surface area contributed by atoms with E-state index in [1.165, 1.54) is 0 Å². The molecular weight excluding hydrogens is 356 g/mol. The van der Waals surface area contributed by atoms with E-state index in [2.05, 4.69) is 0 Å². The third-order valence-electron chi connectivity index (χ3n) is 4.73. The van der Waals surface area contributed by atoms with E-state index in [1.807, 2.05) is 36.4 Å². The quantitative estimate of drug-likeness (QED) is 0.749. The molecule has 0 saturated carbocycles. The first-order chi connectivity index (χ1) is 13.6. The summed E-state index contributed by atoms with van der Waals surface area (Å²) in [4.78, 5) is 28.7. The van der Waals surface area contributed by atoms with Crippen LogP contribution in [0.3, 0.4) is 0 Å². The third-order valence-corrected chi connectivity index (χ3v) is 4.73. The Morgan fingerprint density at radius 3 is 2.14 bits per heavy atom. The first kappa shape index (κ1) is 19.5. The maximum atomic E-state index is 12.8. The highest BCUT2D eigenvalue weighted by Gasteiger charge is 2.24. The molecule has 3 rings (SSSR count). The molecule has 0 unspecified atom stereocenters. The molecule has 1 saturated heterocycles. The zero-order valence-corrected chi connectivity index (χ0v) is 16.1. The van der Waals surface area contributed by atoms with Crippen LogP contribution in [-0.4, -0.2) is 62.0 Å². The molecule has 1 heterocycles. The van der Waals surface area contributed by atoms with E-state index in [0.717, 1.165) is 5.56 Å². The summed E-state index contributed by atoms with van der Waals surface area (Å²) < 4.78 is 10.5. The average Bonchev–Trinajstić information content (AvgIpc) is 2.77. The summed E-state index contributed by atoms with van der Waals surface area (Å²) in [5.41, 5.74) is 1.53. The fraction of sp³-hybridized carbons (Fsp3) is 0.273. The highest BCUT2D eigenvalue weighted by Crippen LogP contribution is 2.28. The maximum Gasteiger partial charge on any atom is 0.254 e. The van der Waals surface area contributed by atoms with Gasteiger partial charge in [-0.2, -0.15) is 0 Å². The van der Waals surface area contributed by atoms with Crippen molar-refractivity contribution in [1.82, 2.24) is 9.80 Å². The van der Waals surface area contributed by atoms with Crippen molar-refractivity contribution < 1.29 is 19.1 Å². The highest BCUT2D eigenvalue weighted by atomic mass is 16.5. The van der Waals surface area contributed by atoms with Crippen molar-refractivity contribution in [3.8, 4) is 11.5 Å². The van der Waals surface area contributed by atoms with E-state index in [-0.39, 0.29) is 11.8 Å². The van der Waals surface area contributed by atoms with E-state index in [0.29, 0.717) is 43.2 Å². The molecule has 0 aromatic heterocycles. The van der Waals surface area contributed by atoms with Crippen LogP contribution in [0.2, 0.25) is 0 Å². The van der Waals surface area contributed by atoms with Gasteiger partial charge in [0.25, 0.3) is 5.91 Å². The number of amides is 2. The van der Waals surface area contributed by atoms with Gasteiger partial charge in [-0.05, 0) is 29.8 Å². The lowest BCUT2D eigenvalue weighted by Crippen LogP contribution is -2.50. The van der Waals surface area contributed by atoms with Crippen LogP contribution in [0.25, 0.3) is 6.08 Å². The molecule has 1 fully saturated rings. The first-order valence-electron chi connectivity index (χ1n) is 9.15. The summed E-state index contributed by atoms with van der Waals surface area (Å²) in [6.07, 6.45) is 3.39. The van der Waals surface area contributed by atoms with Crippen LogP contribution in [0.15, 0.2) is 54.6 Å². The van der Waals surface area contributed by atoms with Crippen LogP contribution in [0.5, 0.6) is 11.5 Å². The predicted molar refractivity (Wildman–Crippen MR) is 108 cm³/mol. The Bertz CT molecular complexity index is 856. The smallest absolute Gasteiger partial charge is 0.254 e. The molecular formula is C22H24N2O4. The molecule has 6 heteroatoms. The summed E-state index contributed by atoms with van der Waals surface area (Å²) in [6, 6.07) is 14.8. The summed E-state index contributed by atoms with van der Waals surface area (Å²) in [6.45, 7) is 2.02. The summed E-state index contributed by atoms with van der Waals surface area (Å²) in [5, 5.41) is 0. The second kappa shape index (κ2) is 9.08. The fourth-order valence-electron chi connectivity index (χ4n) is 3.12. The third kappa shape index (κ3) is 4.52. The Morgan fingerprint density at radius 2 is 1.50 bits per heavy atom. The lowest BCUT2D eigenvalue weighted by Gasteiger charge is -2.34. The largest absolute Gasteiger partial charge is 0.493 e. The van der Waals surface area contributed by atoms with Gasteiger partial charge in [0, 0.05) is 37.8 Å². The lowest BCUT2D eigenvalue weighted by molar-refractivity contribution is -0.127. The number of hydrogen-bond donors (Lipinski definition) is 0. The number of nitrogens with zero attached hydrogens (tertiary/aromatic N) is 2. The number of carbonyl (C=O) groups is 2. The molecule has 1 aliphatic heterocycles. The molecule has 146 valence electrons. The number of rotatable bonds is 5. The SMILES string of the molecule is COc1ccc(C(=O)N2CCN(C(=O)/C=C/c3ccccc3)CC2)cc1OC. The number of piperazine rings is 1. The van der Waals surface area contributed by atoms with Gasteiger partial charge in [-0.1, -0.05) is 30.3 Å². The van der Waals surface area contributed by atoms with Crippen molar-refractivity contribution in [1.29, 1.82) is 0 Å². The van der Waals surface area contributed by atoms with Crippen LogP contribution in [-0.2, 0) is 4.79 Å². The molecule has 2 amide bonds. The average molecular weight is 380 g/mol. The van der Waals surface area contributed by atoms with Crippen LogP contribution >= 0.6 is 0 Å². The first-order valence-corrected chi connectivity index (χ1v) is 9.15. The Morgan fingerprint density at radius 1 is 0.857 bits per heavy atom. The molecule has 1 aliphatic rings. The van der Waals surface area contributed by atoms with E-state index >= 15 is 0 Å². The van der Waals surface area contributed by atoms with Gasteiger partial charge in [0.2, 0.25) is 5.91 Å². The van der Waals surface area contributed by atoms with Crippen molar-refractivity contribution in [3.05, 3.63) is 65.7 Å². The van der Waals surface area contributed by atoms with Crippen molar-refractivity contribution in [2.75, 3.05) is 40.4 Å². The van der Waals surface area contributed by atoms with Gasteiger partial charge in [0.15, 0.2) is 11.5 Å². The number of hydrogen-bond acceptors (Lipinski definition) is 4. The van der Waals surface area contributed by atoms with Gasteiger partial charge in [-0.3, -0.25) is 9.59 Å². The minimum atomic E-state index is -0.0760. The Hall–Kier alpha value is -3.28. The molecule has 0 atom stereocenters. The van der Waals surface area contributed by atoms with Gasteiger partial charge in [-0.15, -0.1) is 0 Å². The van der Waals surface area contributed by atoms with Gasteiger partial charge < -0.3 is 19.3 Å². The molecule has 0 N–H and O–H groups in total. The van der Waals surface area contributed by atoms with Crippen LogP contribution in [0.1, 0.15) is 15.9 Å². The summed E-state index contributed by atoms with van der Waals surface area (Å²) >= 11 is 0. The molecule has 2 aromatic carbocycles. The minimum Gasteiger partial charge on any atom is -0.493 e. The normalized spacial score (nSPS) is 14.2. The monoisotopic (exact) mass is 380 g/mol. The van der Waals surface area contributed by atoms with Crippen LogP contribution in [0, 0.1) is 0 Å². The Labute approximate surface area is 165 Å². The van der Waals surface area contributed by atoms with Gasteiger partial charge in [0.05, 0.1) is 14.2 Å². The van der Waals surface area contributed by atoms with Crippen molar-refractivity contribution in [3.63, 3.8) is 0 Å². The van der Waals surface area contributed by atoms with E-state index in [4.69, 9.17) is 9.47 Å². The molecule has 6 nitrogen and oxygen atoms in total. The molecule has 2 aromatic rings. The zero-order chi connectivity index (χ0) is 19.9. The number of methoxy groups -OCH3 is 2. The topological polar surface area (TPSA) is 59.1 Å². The molecule has 0 bridgehead atoms. The van der Waals surface area contributed by atoms with Gasteiger partial charge in [-0.25, -0.2) is 0 Å². The number of carbonyl (C=O) groups excluding carboxylic acids is 2. The Balaban J connectivity index is 1.58. The lowest BCUT2D eigenvalue weighted by atomic mass is 10.1. The molecule has 0 aliphatic carbocycles. The number of ether oxygens (including phenoxy) is 2.